The number of rotatable bonds is 4. The number of aromatic nitrogens is 1. The summed E-state index contributed by atoms with van der Waals surface area (Å²) in [6.07, 6.45) is 3.39. The fourth-order valence-corrected chi connectivity index (χ4v) is 5.85. The van der Waals surface area contributed by atoms with Crippen LogP contribution in [0.15, 0.2) is 72.9 Å². The van der Waals surface area contributed by atoms with Gasteiger partial charge in [-0.3, -0.25) is 0 Å². The first kappa shape index (κ1) is 20.5. The van der Waals surface area contributed by atoms with Gasteiger partial charge in [0.25, 0.3) is 0 Å². The zero-order chi connectivity index (χ0) is 22.2. The summed E-state index contributed by atoms with van der Waals surface area (Å²) in [5.74, 6) is 0. The van der Waals surface area contributed by atoms with E-state index in [1.807, 2.05) is 11.3 Å². The number of hydrogen-bond acceptors (Lipinski definition) is 5. The van der Waals surface area contributed by atoms with Crippen molar-refractivity contribution in [2.75, 3.05) is 42.5 Å². The van der Waals surface area contributed by atoms with Crippen LogP contribution in [0.25, 0.3) is 27.0 Å². The van der Waals surface area contributed by atoms with Crippen molar-refractivity contribution in [2.24, 2.45) is 0 Å². The molecule has 0 bridgehead atoms. The lowest BCUT2D eigenvalue weighted by molar-refractivity contribution is 0.589. The molecule has 4 heterocycles. The fourth-order valence-electron chi connectivity index (χ4n) is 4.87. The molecule has 2 aromatic heterocycles. The normalized spacial score (nSPS) is 16.5. The summed E-state index contributed by atoms with van der Waals surface area (Å²) in [6, 6.07) is 24.2. The Balaban J connectivity index is 1.37. The van der Waals surface area contributed by atoms with Gasteiger partial charge in [-0.2, -0.15) is 0 Å². The minimum Gasteiger partial charge on any atom is -0.369 e. The Morgan fingerprint density at radius 1 is 0.879 bits per heavy atom. The lowest BCUT2D eigenvalue weighted by Crippen LogP contribution is -2.43. The molecule has 0 atom stereocenters. The molecule has 0 aliphatic carbocycles. The highest BCUT2D eigenvalue weighted by Gasteiger charge is 2.20. The van der Waals surface area contributed by atoms with Crippen LogP contribution in [0.4, 0.5) is 11.4 Å². The van der Waals surface area contributed by atoms with Gasteiger partial charge in [0.05, 0.1) is 21.6 Å². The molecule has 166 valence electrons. The molecule has 1 fully saturated rings. The van der Waals surface area contributed by atoms with Crippen molar-refractivity contribution in [1.82, 2.24) is 10.3 Å². The summed E-state index contributed by atoms with van der Waals surface area (Å²) in [4.78, 5) is 11.2. The second kappa shape index (κ2) is 8.65. The van der Waals surface area contributed by atoms with E-state index in [1.165, 1.54) is 37.7 Å². The number of fused-ring (bicyclic) bond motifs is 1. The summed E-state index contributed by atoms with van der Waals surface area (Å²) < 4.78 is 1.28. The molecular weight excluding hydrogens is 424 g/mol. The van der Waals surface area contributed by atoms with Gasteiger partial charge in [0.1, 0.15) is 0 Å². The van der Waals surface area contributed by atoms with Crippen molar-refractivity contribution in [3.8, 4) is 11.3 Å². The zero-order valence-electron chi connectivity index (χ0n) is 18.9. The van der Waals surface area contributed by atoms with E-state index in [4.69, 9.17) is 4.98 Å². The molecule has 2 aromatic carbocycles. The van der Waals surface area contributed by atoms with Crippen molar-refractivity contribution >= 4 is 38.5 Å². The first-order chi connectivity index (χ1) is 16.2. The van der Waals surface area contributed by atoms with E-state index in [0.717, 1.165) is 50.4 Å². The lowest BCUT2D eigenvalue weighted by Gasteiger charge is -2.29. The molecule has 1 N–H and O–H groups in total. The van der Waals surface area contributed by atoms with Gasteiger partial charge in [-0.1, -0.05) is 42.5 Å². The maximum atomic E-state index is 5.06. The molecule has 6 rings (SSSR count). The first-order valence-corrected chi connectivity index (χ1v) is 12.6. The predicted octanol–water partition coefficient (Wildman–Crippen LogP) is 5.93. The van der Waals surface area contributed by atoms with E-state index in [1.54, 1.807) is 0 Å². The van der Waals surface area contributed by atoms with Crippen LogP contribution in [0.1, 0.15) is 16.9 Å². The average Bonchev–Trinajstić information content (AvgIpc) is 3.51. The Morgan fingerprint density at radius 3 is 2.45 bits per heavy atom. The molecule has 0 unspecified atom stereocenters. The van der Waals surface area contributed by atoms with Crippen molar-refractivity contribution in [2.45, 2.75) is 13.3 Å². The SMILES string of the molecule is Cc1cc2nc(-c3ccc(N4CCNCC4)cc3)cc(N3C=C(c4ccccc4)CC3)c2s1. The minimum atomic E-state index is 1.00. The van der Waals surface area contributed by atoms with Gasteiger partial charge >= 0.3 is 0 Å². The quantitative estimate of drug-likeness (QED) is 0.416. The Labute approximate surface area is 199 Å². The topological polar surface area (TPSA) is 31.4 Å². The number of piperazine rings is 1. The van der Waals surface area contributed by atoms with E-state index in [-0.39, 0.29) is 0 Å². The fraction of sp³-hybridized carbons (Fsp3) is 0.250. The van der Waals surface area contributed by atoms with Crippen LogP contribution in [-0.2, 0) is 0 Å². The Bertz CT molecular complexity index is 1300. The molecule has 0 amide bonds. The number of benzene rings is 2. The van der Waals surface area contributed by atoms with E-state index >= 15 is 0 Å². The van der Waals surface area contributed by atoms with Gasteiger partial charge in [0, 0.05) is 55.1 Å². The Kier molecular flexibility index (Phi) is 5.36. The number of anilines is 2. The highest BCUT2D eigenvalue weighted by molar-refractivity contribution is 7.19. The maximum Gasteiger partial charge on any atom is 0.0841 e. The molecule has 33 heavy (non-hydrogen) atoms. The molecule has 4 nitrogen and oxygen atoms in total. The van der Waals surface area contributed by atoms with Crippen LogP contribution < -0.4 is 15.1 Å². The van der Waals surface area contributed by atoms with E-state index in [0.29, 0.717) is 0 Å². The van der Waals surface area contributed by atoms with Gasteiger partial charge in [-0.05, 0) is 48.7 Å². The second-order valence-electron chi connectivity index (χ2n) is 8.85. The van der Waals surface area contributed by atoms with Crippen molar-refractivity contribution in [3.05, 3.63) is 83.4 Å². The van der Waals surface area contributed by atoms with E-state index in [2.05, 4.69) is 95.0 Å². The van der Waals surface area contributed by atoms with Gasteiger partial charge < -0.3 is 15.1 Å². The van der Waals surface area contributed by atoms with Crippen LogP contribution in [0.2, 0.25) is 0 Å². The smallest absolute Gasteiger partial charge is 0.0841 e. The second-order valence-corrected chi connectivity index (χ2v) is 10.1. The summed E-state index contributed by atoms with van der Waals surface area (Å²) in [7, 11) is 0. The Hall–Kier alpha value is -3.15. The van der Waals surface area contributed by atoms with Crippen LogP contribution in [0, 0.1) is 6.92 Å². The standard InChI is InChI=1S/C28H28N4S/c1-20-17-26-28(33-20)27(32-14-11-23(19-32)21-5-3-2-4-6-21)18-25(30-26)22-7-9-24(10-8-22)31-15-12-29-13-16-31/h2-10,17-19,29H,11-16H2,1H3. The minimum absolute atomic E-state index is 1.00. The van der Waals surface area contributed by atoms with Crippen molar-refractivity contribution in [3.63, 3.8) is 0 Å². The summed E-state index contributed by atoms with van der Waals surface area (Å²) in [5, 5.41) is 3.43. The third kappa shape index (κ3) is 4.03. The molecule has 1 saturated heterocycles. The number of aryl methyl sites for hydroxylation is 1. The average molecular weight is 453 g/mol. The van der Waals surface area contributed by atoms with Gasteiger partial charge in [-0.25, -0.2) is 4.98 Å². The number of nitrogens with zero attached hydrogens (tertiary/aromatic N) is 3. The van der Waals surface area contributed by atoms with Gasteiger partial charge in [0.15, 0.2) is 0 Å². The molecule has 5 heteroatoms. The van der Waals surface area contributed by atoms with Crippen LogP contribution >= 0.6 is 11.3 Å². The van der Waals surface area contributed by atoms with Crippen LogP contribution in [-0.4, -0.2) is 37.7 Å². The third-order valence-corrected chi connectivity index (χ3v) is 7.68. The number of hydrogen-bond donors (Lipinski definition) is 1. The summed E-state index contributed by atoms with van der Waals surface area (Å²) in [5.41, 5.74) is 8.59. The molecule has 2 aliphatic rings. The molecular formula is C28H28N4S. The number of pyridine rings is 1. The third-order valence-electron chi connectivity index (χ3n) is 6.62. The number of thiophene rings is 1. The highest BCUT2D eigenvalue weighted by Crippen LogP contribution is 2.39. The molecule has 2 aliphatic heterocycles. The molecule has 0 spiro atoms. The van der Waals surface area contributed by atoms with E-state index < -0.39 is 0 Å². The summed E-state index contributed by atoms with van der Waals surface area (Å²) >= 11 is 1.84. The summed E-state index contributed by atoms with van der Waals surface area (Å²) in [6.45, 7) is 7.40. The van der Waals surface area contributed by atoms with Crippen molar-refractivity contribution in [1.29, 1.82) is 0 Å². The van der Waals surface area contributed by atoms with Crippen LogP contribution in [0.5, 0.6) is 0 Å². The van der Waals surface area contributed by atoms with E-state index in [9.17, 15) is 0 Å². The molecule has 4 aromatic rings. The highest BCUT2D eigenvalue weighted by atomic mass is 32.1. The maximum absolute atomic E-state index is 5.06. The van der Waals surface area contributed by atoms with Crippen molar-refractivity contribution < 1.29 is 0 Å². The monoisotopic (exact) mass is 452 g/mol. The largest absolute Gasteiger partial charge is 0.369 e. The number of nitrogens with one attached hydrogen (secondary N) is 1. The first-order valence-electron chi connectivity index (χ1n) is 11.7. The van der Waals surface area contributed by atoms with Gasteiger partial charge in [-0.15, -0.1) is 11.3 Å². The zero-order valence-corrected chi connectivity index (χ0v) is 19.7. The molecule has 0 radical (unpaired) electrons. The predicted molar refractivity (Wildman–Crippen MR) is 141 cm³/mol. The van der Waals surface area contributed by atoms with Gasteiger partial charge in [0.2, 0.25) is 0 Å². The Morgan fingerprint density at radius 2 is 1.67 bits per heavy atom. The lowest BCUT2D eigenvalue weighted by atomic mass is 10.1. The molecule has 0 saturated carbocycles. The van der Waals surface area contributed by atoms with Crippen LogP contribution in [0.3, 0.4) is 0 Å².